The third-order valence-electron chi connectivity index (χ3n) is 5.01. The normalized spacial score (nSPS) is 10.6. The van der Waals surface area contributed by atoms with Gasteiger partial charge in [0, 0.05) is 25.5 Å². The summed E-state index contributed by atoms with van der Waals surface area (Å²) in [5.74, 6) is 0.826. The molecule has 0 fully saturated rings. The van der Waals surface area contributed by atoms with Gasteiger partial charge in [-0.3, -0.25) is 9.69 Å². The molecule has 162 valence electrons. The Hall–Kier alpha value is -2.90. The molecule has 2 aromatic carbocycles. The van der Waals surface area contributed by atoms with Gasteiger partial charge in [0.15, 0.2) is 5.13 Å². The molecule has 0 saturated carbocycles. The molecule has 0 saturated heterocycles. The van der Waals surface area contributed by atoms with Gasteiger partial charge in [-0.25, -0.2) is 9.97 Å². The molecule has 6 nitrogen and oxygen atoms in total. The smallest absolute Gasteiger partial charge is 0.233 e. The minimum Gasteiger partial charge on any atom is -0.497 e. The zero-order valence-corrected chi connectivity index (χ0v) is 19.2. The van der Waals surface area contributed by atoms with Gasteiger partial charge < -0.3 is 9.30 Å². The maximum Gasteiger partial charge on any atom is 0.233 e. The lowest BCUT2D eigenvalue weighted by Crippen LogP contribution is -2.33. The van der Waals surface area contributed by atoms with Crippen molar-refractivity contribution in [2.45, 2.75) is 26.3 Å². The second kappa shape index (κ2) is 10.4. The minimum absolute atomic E-state index is 0. The van der Waals surface area contributed by atoms with Crippen molar-refractivity contribution in [3.8, 4) is 5.75 Å². The average molecular weight is 457 g/mol. The zero-order chi connectivity index (χ0) is 20.9. The van der Waals surface area contributed by atoms with Gasteiger partial charge in [0.25, 0.3) is 0 Å². The van der Waals surface area contributed by atoms with Crippen LogP contribution in [0.3, 0.4) is 0 Å². The highest BCUT2D eigenvalue weighted by molar-refractivity contribution is 7.22. The number of aromatic nitrogens is 3. The molecule has 0 aliphatic heterocycles. The third kappa shape index (κ3) is 5.42. The SMILES string of the molecule is COc1ccc(CC(=O)N(CCCn2ccnc2)c2nc3c(C)cccc3s2)cc1.Cl. The fourth-order valence-corrected chi connectivity index (χ4v) is 4.45. The number of hydrogen-bond acceptors (Lipinski definition) is 5. The van der Waals surface area contributed by atoms with E-state index in [2.05, 4.69) is 11.1 Å². The Bertz CT molecular complexity index is 1130. The quantitative estimate of drug-likeness (QED) is 0.378. The van der Waals surface area contributed by atoms with Gasteiger partial charge in [-0.15, -0.1) is 12.4 Å². The van der Waals surface area contributed by atoms with Gasteiger partial charge in [-0.05, 0) is 42.7 Å². The summed E-state index contributed by atoms with van der Waals surface area (Å²) in [6, 6.07) is 13.8. The van der Waals surface area contributed by atoms with Crippen LogP contribution in [0.1, 0.15) is 17.5 Å². The number of aryl methyl sites for hydroxylation is 2. The van der Waals surface area contributed by atoms with Crippen molar-refractivity contribution < 1.29 is 9.53 Å². The number of nitrogens with zero attached hydrogens (tertiary/aromatic N) is 4. The minimum atomic E-state index is 0. The lowest BCUT2D eigenvalue weighted by Gasteiger charge is -2.20. The number of benzene rings is 2. The number of hydrogen-bond donors (Lipinski definition) is 0. The molecule has 0 radical (unpaired) electrons. The Labute approximate surface area is 191 Å². The van der Waals surface area contributed by atoms with E-state index >= 15 is 0 Å². The molecule has 0 bridgehead atoms. The molecular weight excluding hydrogens is 432 g/mol. The summed E-state index contributed by atoms with van der Waals surface area (Å²) in [5.41, 5.74) is 3.04. The summed E-state index contributed by atoms with van der Waals surface area (Å²) >= 11 is 1.57. The van der Waals surface area contributed by atoms with E-state index in [0.29, 0.717) is 13.0 Å². The lowest BCUT2D eigenvalue weighted by atomic mass is 10.1. The Kier molecular flexibility index (Phi) is 7.65. The summed E-state index contributed by atoms with van der Waals surface area (Å²) in [4.78, 5) is 24.0. The Morgan fingerprint density at radius 2 is 2.00 bits per heavy atom. The van der Waals surface area contributed by atoms with E-state index in [9.17, 15) is 4.79 Å². The first-order valence-electron chi connectivity index (χ1n) is 9.89. The van der Waals surface area contributed by atoms with Crippen LogP contribution in [0.15, 0.2) is 61.2 Å². The van der Waals surface area contributed by atoms with Gasteiger partial charge in [0.1, 0.15) is 5.75 Å². The summed E-state index contributed by atoms with van der Waals surface area (Å²) in [6.07, 6.45) is 6.64. The highest BCUT2D eigenvalue weighted by Crippen LogP contribution is 2.31. The molecule has 0 N–H and O–H groups in total. The van der Waals surface area contributed by atoms with Crippen LogP contribution in [0.2, 0.25) is 0 Å². The Morgan fingerprint density at radius 1 is 1.19 bits per heavy atom. The number of carbonyl (C=O) groups excluding carboxylic acids is 1. The van der Waals surface area contributed by atoms with Crippen LogP contribution in [0.4, 0.5) is 5.13 Å². The third-order valence-corrected chi connectivity index (χ3v) is 6.06. The standard InChI is InChI=1S/C23H24N4O2S.ClH/c1-17-5-3-6-20-22(17)25-23(30-20)27(13-4-12-26-14-11-24-16-26)21(28)15-18-7-9-19(29-2)10-8-18;/h3,5-11,14,16H,4,12-13,15H2,1-2H3;1H. The van der Waals surface area contributed by atoms with Gasteiger partial charge in [0.05, 0.1) is 30.1 Å². The van der Waals surface area contributed by atoms with Crippen molar-refractivity contribution in [2.24, 2.45) is 0 Å². The number of ether oxygens (including phenoxy) is 1. The number of anilines is 1. The molecule has 4 aromatic rings. The number of fused-ring (bicyclic) bond motifs is 1. The lowest BCUT2D eigenvalue weighted by molar-refractivity contribution is -0.118. The largest absolute Gasteiger partial charge is 0.497 e. The Balaban J connectivity index is 0.00000272. The molecule has 4 rings (SSSR count). The van der Waals surface area contributed by atoms with Crippen LogP contribution < -0.4 is 9.64 Å². The van der Waals surface area contributed by atoms with Crippen LogP contribution in [0.5, 0.6) is 5.75 Å². The van der Waals surface area contributed by atoms with Crippen molar-refractivity contribution in [1.82, 2.24) is 14.5 Å². The molecular formula is C23H25ClN4O2S. The first-order chi connectivity index (χ1) is 14.6. The molecule has 0 aliphatic rings. The number of carbonyl (C=O) groups is 1. The Morgan fingerprint density at radius 3 is 2.68 bits per heavy atom. The van der Waals surface area contributed by atoms with Crippen molar-refractivity contribution in [3.05, 3.63) is 72.3 Å². The fraction of sp³-hybridized carbons (Fsp3) is 0.261. The predicted molar refractivity (Wildman–Crippen MR) is 128 cm³/mol. The van der Waals surface area contributed by atoms with Crippen molar-refractivity contribution in [1.29, 1.82) is 0 Å². The van der Waals surface area contributed by atoms with E-state index in [-0.39, 0.29) is 18.3 Å². The van der Waals surface area contributed by atoms with Crippen LogP contribution in [-0.2, 0) is 17.8 Å². The number of para-hydroxylation sites is 1. The van der Waals surface area contributed by atoms with E-state index in [4.69, 9.17) is 9.72 Å². The maximum atomic E-state index is 13.3. The first-order valence-corrected chi connectivity index (χ1v) is 10.7. The van der Waals surface area contributed by atoms with Crippen molar-refractivity contribution in [2.75, 3.05) is 18.6 Å². The molecule has 0 atom stereocenters. The number of amides is 1. The summed E-state index contributed by atoms with van der Waals surface area (Å²) in [7, 11) is 1.64. The molecule has 1 amide bonds. The molecule has 0 unspecified atom stereocenters. The molecule has 31 heavy (non-hydrogen) atoms. The second-order valence-electron chi connectivity index (χ2n) is 7.14. The molecule has 2 aromatic heterocycles. The van der Waals surface area contributed by atoms with Gasteiger partial charge in [0.2, 0.25) is 5.91 Å². The highest BCUT2D eigenvalue weighted by Gasteiger charge is 2.20. The fourth-order valence-electron chi connectivity index (χ4n) is 3.36. The van der Waals surface area contributed by atoms with Crippen LogP contribution in [-0.4, -0.2) is 34.1 Å². The second-order valence-corrected chi connectivity index (χ2v) is 8.15. The number of rotatable bonds is 8. The summed E-state index contributed by atoms with van der Waals surface area (Å²) < 4.78 is 8.33. The zero-order valence-electron chi connectivity index (χ0n) is 17.5. The molecule has 0 aliphatic carbocycles. The van der Waals surface area contributed by atoms with E-state index < -0.39 is 0 Å². The van der Waals surface area contributed by atoms with Gasteiger partial charge >= 0.3 is 0 Å². The van der Waals surface area contributed by atoms with E-state index in [1.807, 2.05) is 59.0 Å². The number of imidazole rings is 1. The summed E-state index contributed by atoms with van der Waals surface area (Å²) in [6.45, 7) is 3.46. The first kappa shape index (κ1) is 22.8. The monoisotopic (exact) mass is 456 g/mol. The molecule has 8 heteroatoms. The van der Waals surface area contributed by atoms with Crippen LogP contribution in [0, 0.1) is 6.92 Å². The van der Waals surface area contributed by atoms with Crippen molar-refractivity contribution in [3.63, 3.8) is 0 Å². The van der Waals surface area contributed by atoms with Gasteiger partial charge in [-0.1, -0.05) is 35.6 Å². The number of methoxy groups -OCH3 is 1. The van der Waals surface area contributed by atoms with Crippen LogP contribution in [0.25, 0.3) is 10.2 Å². The highest BCUT2D eigenvalue weighted by atomic mass is 35.5. The van der Waals surface area contributed by atoms with Crippen LogP contribution >= 0.6 is 23.7 Å². The maximum absolute atomic E-state index is 13.3. The number of thiazole rings is 1. The van der Waals surface area contributed by atoms with Gasteiger partial charge in [-0.2, -0.15) is 0 Å². The van der Waals surface area contributed by atoms with Crippen molar-refractivity contribution >= 4 is 45.0 Å². The molecule has 2 heterocycles. The topological polar surface area (TPSA) is 60.2 Å². The molecule has 0 spiro atoms. The van der Waals surface area contributed by atoms with E-state index in [1.54, 1.807) is 31.0 Å². The predicted octanol–water partition coefficient (Wildman–Crippen LogP) is 4.90. The summed E-state index contributed by atoms with van der Waals surface area (Å²) in [5, 5.41) is 0.753. The van der Waals surface area contributed by atoms with E-state index in [1.165, 1.54) is 0 Å². The number of halogens is 1. The average Bonchev–Trinajstić information content (AvgIpc) is 3.42. The van der Waals surface area contributed by atoms with E-state index in [0.717, 1.165) is 45.2 Å².